The van der Waals surface area contributed by atoms with Gasteiger partial charge in [0.25, 0.3) is 0 Å². The number of para-hydroxylation sites is 1. The number of ketones is 1. The van der Waals surface area contributed by atoms with Gasteiger partial charge in [-0.05, 0) is 132 Å². The predicted octanol–water partition coefficient (Wildman–Crippen LogP) is 8.57. The maximum atomic E-state index is 14.1. The van der Waals surface area contributed by atoms with Gasteiger partial charge in [-0.2, -0.15) is 0 Å². The fraction of sp³-hybridized carbons (Fsp3) is 0.410. The Hall–Kier alpha value is -3.59. The van der Waals surface area contributed by atoms with Crippen LogP contribution in [-0.2, 0) is 10.8 Å². The highest BCUT2D eigenvalue weighted by atomic mass is 16.5. The third-order valence-corrected chi connectivity index (χ3v) is 12.0. The second-order valence-electron chi connectivity index (χ2n) is 14.5. The first-order valence-electron chi connectivity index (χ1n) is 16.0. The maximum Gasteiger partial charge on any atom is 0.173 e. The summed E-state index contributed by atoms with van der Waals surface area (Å²) in [6, 6.07) is 28.5. The summed E-state index contributed by atoms with van der Waals surface area (Å²) >= 11 is 0. The monoisotopic (exact) mass is 553 g/mol. The number of carbonyl (C=O) groups excluding carboxylic acids is 1. The number of benzene rings is 4. The van der Waals surface area contributed by atoms with Crippen LogP contribution >= 0.6 is 0 Å². The van der Waals surface area contributed by atoms with Gasteiger partial charge < -0.3 is 9.64 Å². The van der Waals surface area contributed by atoms with Crippen LogP contribution < -0.4 is 9.64 Å². The van der Waals surface area contributed by atoms with E-state index >= 15 is 0 Å². The zero-order valence-corrected chi connectivity index (χ0v) is 24.7. The molecule has 1 heterocycles. The lowest BCUT2D eigenvalue weighted by atomic mass is 9.48. The van der Waals surface area contributed by atoms with Gasteiger partial charge in [0.15, 0.2) is 5.78 Å². The predicted molar refractivity (Wildman–Crippen MR) is 170 cm³/mol. The van der Waals surface area contributed by atoms with E-state index in [1.165, 1.54) is 71.9 Å². The molecule has 4 aromatic carbocycles. The molecule has 4 bridgehead atoms. The highest BCUT2D eigenvalue weighted by Gasteiger charge is 2.63. The van der Waals surface area contributed by atoms with Crippen LogP contribution in [0.15, 0.2) is 78.9 Å². The fourth-order valence-electron chi connectivity index (χ4n) is 10.5. The molecule has 0 spiro atoms. The van der Waals surface area contributed by atoms with Crippen LogP contribution in [-0.4, -0.2) is 26.5 Å². The molecule has 0 radical (unpaired) electrons. The molecule has 5 saturated carbocycles. The van der Waals surface area contributed by atoms with Gasteiger partial charge in [0.2, 0.25) is 0 Å². The molecule has 3 heteroatoms. The standard InChI is InChI=1S/C39H39NO2/c1-40-23-32-22-39(32,33-5-3-4-6-35(33)40)37(41)31-10-9-27-16-28(7-8-29(27)17-31)30-11-12-36(42-2)34(18-30)38-19-24-13-25(20-38)15-26(14-24)21-38/h3-12,16-18,24-26,32H,13-15,19-23H2,1-2H3/t24?,25?,26?,32-,38?,39+/m0/s1. The molecule has 3 nitrogen and oxygen atoms in total. The summed E-state index contributed by atoms with van der Waals surface area (Å²) in [6.45, 7) is 0.951. The van der Waals surface area contributed by atoms with Crippen LogP contribution in [0.1, 0.15) is 66.4 Å². The lowest BCUT2D eigenvalue weighted by Gasteiger charge is -2.57. The van der Waals surface area contributed by atoms with E-state index in [9.17, 15) is 4.79 Å². The third-order valence-electron chi connectivity index (χ3n) is 12.0. The van der Waals surface area contributed by atoms with Crippen molar-refractivity contribution in [2.24, 2.45) is 23.7 Å². The van der Waals surface area contributed by atoms with Crippen LogP contribution in [0.2, 0.25) is 0 Å². The second kappa shape index (κ2) is 8.72. The molecule has 212 valence electrons. The van der Waals surface area contributed by atoms with Crippen LogP contribution in [0.25, 0.3) is 21.9 Å². The first-order chi connectivity index (χ1) is 20.5. The molecule has 10 rings (SSSR count). The van der Waals surface area contributed by atoms with E-state index in [1.807, 2.05) is 7.11 Å². The summed E-state index contributed by atoms with van der Waals surface area (Å²) in [6.07, 6.45) is 9.28. The van der Waals surface area contributed by atoms with Crippen LogP contribution in [0, 0.1) is 23.7 Å². The van der Waals surface area contributed by atoms with Gasteiger partial charge in [-0.15, -0.1) is 0 Å². The number of fused-ring (bicyclic) bond motifs is 4. The van der Waals surface area contributed by atoms with Crippen molar-refractivity contribution in [1.82, 2.24) is 0 Å². The molecule has 1 aliphatic heterocycles. The normalized spacial score (nSPS) is 32.0. The maximum absolute atomic E-state index is 14.1. The molecular formula is C39H39NO2. The lowest BCUT2D eigenvalue weighted by Crippen LogP contribution is -2.48. The Bertz CT molecular complexity index is 1730. The highest BCUT2D eigenvalue weighted by Crippen LogP contribution is 2.63. The van der Waals surface area contributed by atoms with Gasteiger partial charge >= 0.3 is 0 Å². The van der Waals surface area contributed by atoms with E-state index in [0.29, 0.717) is 5.92 Å². The van der Waals surface area contributed by atoms with Gasteiger partial charge in [-0.3, -0.25) is 4.79 Å². The zero-order valence-electron chi connectivity index (χ0n) is 24.7. The van der Waals surface area contributed by atoms with Crippen molar-refractivity contribution in [3.63, 3.8) is 0 Å². The zero-order chi connectivity index (χ0) is 28.2. The molecule has 5 fully saturated rings. The fourth-order valence-corrected chi connectivity index (χ4v) is 10.5. The van der Waals surface area contributed by atoms with Gasteiger partial charge in [0, 0.05) is 30.4 Å². The summed E-state index contributed by atoms with van der Waals surface area (Å²) in [5.41, 5.74) is 7.13. The quantitative estimate of drug-likeness (QED) is 0.232. The van der Waals surface area contributed by atoms with E-state index in [2.05, 4.69) is 90.8 Å². The number of hydrogen-bond acceptors (Lipinski definition) is 3. The first kappa shape index (κ1) is 25.0. The molecule has 42 heavy (non-hydrogen) atoms. The molecule has 0 N–H and O–H groups in total. The number of nitrogens with zero attached hydrogens (tertiary/aromatic N) is 1. The van der Waals surface area contributed by atoms with E-state index in [0.717, 1.165) is 47.4 Å². The highest BCUT2D eigenvalue weighted by molar-refractivity contribution is 6.10. The largest absolute Gasteiger partial charge is 0.496 e. The van der Waals surface area contributed by atoms with Crippen molar-refractivity contribution in [2.75, 3.05) is 25.6 Å². The number of ether oxygens (including phenoxy) is 1. The smallest absolute Gasteiger partial charge is 0.173 e. The van der Waals surface area contributed by atoms with Crippen molar-refractivity contribution in [3.8, 4) is 16.9 Å². The Morgan fingerprint density at radius 2 is 1.43 bits per heavy atom. The Kier molecular flexibility index (Phi) is 5.18. The second-order valence-corrected chi connectivity index (χ2v) is 14.5. The van der Waals surface area contributed by atoms with Gasteiger partial charge in [-0.25, -0.2) is 0 Å². The molecule has 5 aliphatic carbocycles. The van der Waals surface area contributed by atoms with Crippen molar-refractivity contribution >= 4 is 22.2 Å². The van der Waals surface area contributed by atoms with E-state index in [-0.39, 0.29) is 16.6 Å². The Morgan fingerprint density at radius 3 is 2.19 bits per heavy atom. The average Bonchev–Trinajstić information content (AvgIpc) is 3.75. The summed E-state index contributed by atoms with van der Waals surface area (Å²) in [5.74, 6) is 4.45. The molecular weight excluding hydrogens is 514 g/mol. The van der Waals surface area contributed by atoms with Crippen molar-refractivity contribution < 1.29 is 9.53 Å². The van der Waals surface area contributed by atoms with E-state index in [1.54, 1.807) is 0 Å². The van der Waals surface area contributed by atoms with Gasteiger partial charge in [0.05, 0.1) is 12.5 Å². The molecule has 0 amide bonds. The molecule has 6 aliphatic rings. The third kappa shape index (κ3) is 3.49. The summed E-state index contributed by atoms with van der Waals surface area (Å²) < 4.78 is 5.99. The number of anilines is 1. The molecule has 0 unspecified atom stereocenters. The molecule has 2 atom stereocenters. The first-order valence-corrected chi connectivity index (χ1v) is 16.0. The Morgan fingerprint density at radius 1 is 0.762 bits per heavy atom. The number of carbonyl (C=O) groups is 1. The summed E-state index contributed by atoms with van der Waals surface area (Å²) in [4.78, 5) is 16.4. The molecule has 0 saturated heterocycles. The van der Waals surface area contributed by atoms with Gasteiger partial charge in [0.1, 0.15) is 5.75 Å². The average molecular weight is 554 g/mol. The Balaban J connectivity index is 1.06. The Labute approximate surface area is 248 Å². The summed E-state index contributed by atoms with van der Waals surface area (Å²) in [7, 11) is 3.98. The number of rotatable bonds is 5. The summed E-state index contributed by atoms with van der Waals surface area (Å²) in [5, 5.41) is 2.32. The van der Waals surface area contributed by atoms with Crippen molar-refractivity contribution in [3.05, 3.63) is 95.6 Å². The SMILES string of the molecule is COc1ccc(-c2ccc3cc(C(=O)[C@]45C[C@H]4CN(C)c4ccccc45)ccc3c2)cc1C12CC3CC(CC(C3)C1)C2. The van der Waals surface area contributed by atoms with Crippen molar-refractivity contribution in [2.45, 2.75) is 55.8 Å². The van der Waals surface area contributed by atoms with E-state index < -0.39 is 0 Å². The minimum atomic E-state index is -0.354. The number of methoxy groups -OCH3 is 1. The van der Waals surface area contributed by atoms with E-state index in [4.69, 9.17) is 4.74 Å². The molecule has 0 aromatic heterocycles. The van der Waals surface area contributed by atoms with Crippen molar-refractivity contribution in [1.29, 1.82) is 0 Å². The van der Waals surface area contributed by atoms with Crippen LogP contribution in [0.5, 0.6) is 5.75 Å². The number of hydrogen-bond donors (Lipinski definition) is 0. The minimum absolute atomic E-state index is 0.286. The number of Topliss-reactive ketones (excluding diaryl/α,β-unsaturated/α-hetero) is 1. The topological polar surface area (TPSA) is 29.5 Å². The van der Waals surface area contributed by atoms with Crippen LogP contribution in [0.4, 0.5) is 5.69 Å². The van der Waals surface area contributed by atoms with Gasteiger partial charge in [-0.1, -0.05) is 48.5 Å². The molecule has 4 aromatic rings. The lowest BCUT2D eigenvalue weighted by molar-refractivity contribution is -0.00613. The van der Waals surface area contributed by atoms with Crippen LogP contribution in [0.3, 0.4) is 0 Å². The minimum Gasteiger partial charge on any atom is -0.496 e.